The monoisotopic (exact) mass is 401 g/mol. The first-order chi connectivity index (χ1) is 13.3. The normalized spacial score (nSPS) is 18.6. The molecule has 7 nitrogen and oxygen atoms in total. The number of rotatable bonds is 5. The van der Waals surface area contributed by atoms with Gasteiger partial charge in [-0.25, -0.2) is 0 Å². The molecule has 2 amide bonds. The molecule has 1 N–H and O–H groups in total. The Labute approximate surface area is 165 Å². The molecule has 0 aromatic heterocycles. The Morgan fingerprint density at radius 2 is 1.75 bits per heavy atom. The van der Waals surface area contributed by atoms with Crippen LogP contribution in [0.3, 0.4) is 0 Å². The number of aliphatic carboxylic acids is 1. The molecule has 3 rings (SSSR count). The molecule has 1 heterocycles. The quantitative estimate of drug-likeness (QED) is 0.469. The first-order valence-electron chi connectivity index (χ1n) is 8.31. The van der Waals surface area contributed by atoms with E-state index in [1.807, 2.05) is 0 Å². The van der Waals surface area contributed by atoms with Gasteiger partial charge in [-0.1, -0.05) is 41.9 Å². The number of benzene rings is 2. The fourth-order valence-corrected chi connectivity index (χ4v) is 3.51. The molecule has 0 saturated carbocycles. The van der Waals surface area contributed by atoms with Crippen molar-refractivity contribution in [3.05, 3.63) is 70.2 Å². The van der Waals surface area contributed by atoms with Gasteiger partial charge in [-0.3, -0.25) is 24.1 Å². The van der Waals surface area contributed by atoms with Crippen molar-refractivity contribution < 1.29 is 29.0 Å². The largest absolute Gasteiger partial charge is 0.481 e. The molecular weight excluding hydrogens is 386 g/mol. The van der Waals surface area contributed by atoms with E-state index in [1.165, 1.54) is 18.2 Å². The minimum atomic E-state index is -2.14. The van der Waals surface area contributed by atoms with Gasteiger partial charge in [0.1, 0.15) is 0 Å². The highest BCUT2D eigenvalue weighted by Gasteiger charge is 2.58. The minimum Gasteiger partial charge on any atom is -0.481 e. The van der Waals surface area contributed by atoms with E-state index in [0.29, 0.717) is 10.6 Å². The van der Waals surface area contributed by atoms with E-state index in [2.05, 4.69) is 0 Å². The number of imide groups is 1. The maximum absolute atomic E-state index is 13.3. The number of amides is 2. The highest BCUT2D eigenvalue weighted by atomic mass is 35.5. The first-order valence-corrected chi connectivity index (χ1v) is 8.69. The number of hydrogen-bond donors (Lipinski definition) is 1. The molecule has 1 unspecified atom stereocenters. The van der Waals surface area contributed by atoms with Crippen LogP contribution in [0, 0.1) is 0 Å². The van der Waals surface area contributed by atoms with Gasteiger partial charge in [-0.05, 0) is 29.3 Å². The summed E-state index contributed by atoms with van der Waals surface area (Å²) in [4.78, 5) is 51.4. The molecule has 1 atom stereocenters. The summed E-state index contributed by atoms with van der Waals surface area (Å²) in [6.45, 7) is -0.137. The van der Waals surface area contributed by atoms with Crippen molar-refractivity contribution in [2.45, 2.75) is 18.4 Å². The summed E-state index contributed by atoms with van der Waals surface area (Å²) in [6, 6.07) is 12.5. The van der Waals surface area contributed by atoms with Gasteiger partial charge < -0.3 is 9.84 Å². The Morgan fingerprint density at radius 3 is 2.36 bits per heavy atom. The third kappa shape index (κ3) is 3.14. The lowest BCUT2D eigenvalue weighted by atomic mass is 9.71. The van der Waals surface area contributed by atoms with Crippen molar-refractivity contribution in [1.29, 1.82) is 0 Å². The Kier molecular flexibility index (Phi) is 5.20. The highest BCUT2D eigenvalue weighted by Crippen LogP contribution is 2.39. The van der Waals surface area contributed by atoms with Gasteiger partial charge in [0.2, 0.25) is 0 Å². The molecule has 0 aliphatic carbocycles. The van der Waals surface area contributed by atoms with Gasteiger partial charge in [-0.2, -0.15) is 0 Å². The van der Waals surface area contributed by atoms with E-state index < -0.39 is 35.6 Å². The topological polar surface area (TPSA) is 101 Å². The minimum absolute atomic E-state index is 0.0339. The molecular formula is C20H16ClNO6. The van der Waals surface area contributed by atoms with Crippen LogP contribution in [-0.4, -0.2) is 40.9 Å². The number of ether oxygens (including phenoxy) is 1. The lowest BCUT2D eigenvalue weighted by Gasteiger charge is -2.39. The fraction of sp³-hybridized carbons (Fsp3) is 0.200. The molecule has 0 bridgehead atoms. The zero-order chi connectivity index (χ0) is 20.5. The van der Waals surface area contributed by atoms with E-state index >= 15 is 0 Å². The molecule has 0 saturated heterocycles. The Balaban J connectivity index is 2.18. The van der Waals surface area contributed by atoms with Crippen LogP contribution in [0.2, 0.25) is 5.02 Å². The van der Waals surface area contributed by atoms with Gasteiger partial charge in [-0.15, -0.1) is 0 Å². The summed E-state index contributed by atoms with van der Waals surface area (Å²) in [7, 11) is 1.07. The molecule has 1 aliphatic heterocycles. The molecule has 0 radical (unpaired) electrons. The summed E-state index contributed by atoms with van der Waals surface area (Å²) in [5.74, 6) is -3.93. The molecule has 1 aliphatic rings. The maximum Gasteiger partial charge on any atom is 0.326 e. The maximum atomic E-state index is 13.3. The van der Waals surface area contributed by atoms with Crippen molar-refractivity contribution in [1.82, 2.24) is 4.90 Å². The van der Waals surface area contributed by atoms with Gasteiger partial charge in [0.05, 0.1) is 20.1 Å². The first kappa shape index (κ1) is 19.6. The van der Waals surface area contributed by atoms with Gasteiger partial charge in [0, 0.05) is 10.6 Å². The lowest BCUT2D eigenvalue weighted by molar-refractivity contribution is -0.161. The highest BCUT2D eigenvalue weighted by molar-refractivity contribution is 6.30. The lowest BCUT2D eigenvalue weighted by Crippen LogP contribution is -2.58. The number of carboxylic acid groups (broad SMARTS) is 1. The number of carbonyl (C=O) groups excluding carboxylic acids is 3. The Hall–Kier alpha value is -3.19. The number of nitrogens with zero attached hydrogens (tertiary/aromatic N) is 1. The van der Waals surface area contributed by atoms with E-state index in [4.69, 9.17) is 16.3 Å². The Morgan fingerprint density at radius 1 is 1.11 bits per heavy atom. The van der Waals surface area contributed by atoms with Crippen LogP contribution >= 0.6 is 11.6 Å². The smallest absolute Gasteiger partial charge is 0.326 e. The fourth-order valence-electron chi connectivity index (χ4n) is 3.38. The number of hydrogen-bond acceptors (Lipinski definition) is 5. The number of fused-ring (bicyclic) bond motifs is 1. The summed E-state index contributed by atoms with van der Waals surface area (Å²) < 4.78 is 4.79. The van der Waals surface area contributed by atoms with Crippen LogP contribution in [0.1, 0.15) is 27.9 Å². The van der Waals surface area contributed by atoms with Gasteiger partial charge >= 0.3 is 11.9 Å². The third-order valence-electron chi connectivity index (χ3n) is 4.68. The Bertz CT molecular complexity index is 971. The van der Waals surface area contributed by atoms with Crippen LogP contribution in [-0.2, 0) is 31.1 Å². The second-order valence-corrected chi connectivity index (χ2v) is 6.77. The van der Waals surface area contributed by atoms with Gasteiger partial charge in [0.25, 0.3) is 11.8 Å². The van der Waals surface area contributed by atoms with Crippen LogP contribution in [0.15, 0.2) is 48.5 Å². The van der Waals surface area contributed by atoms with Crippen molar-refractivity contribution in [3.8, 4) is 0 Å². The van der Waals surface area contributed by atoms with Crippen LogP contribution in [0.25, 0.3) is 0 Å². The molecule has 2 aromatic rings. The van der Waals surface area contributed by atoms with Crippen LogP contribution in [0.4, 0.5) is 0 Å². The van der Waals surface area contributed by atoms with Gasteiger partial charge in [0.15, 0.2) is 5.41 Å². The van der Waals surface area contributed by atoms with Crippen LogP contribution in [0.5, 0.6) is 0 Å². The molecule has 2 aromatic carbocycles. The molecule has 8 heteroatoms. The molecule has 0 fully saturated rings. The average molecular weight is 402 g/mol. The SMILES string of the molecule is COC(=O)C1(CC(=O)O)C(=O)N(Cc2ccc(Cl)cc2)C(=O)c2ccccc21. The van der Waals surface area contributed by atoms with Crippen molar-refractivity contribution >= 4 is 35.4 Å². The van der Waals surface area contributed by atoms with Crippen molar-refractivity contribution in [2.75, 3.05) is 7.11 Å². The number of carbonyl (C=O) groups is 4. The molecule has 28 heavy (non-hydrogen) atoms. The van der Waals surface area contributed by atoms with Crippen molar-refractivity contribution in [2.24, 2.45) is 0 Å². The standard InChI is InChI=1S/C20H16ClNO6/c1-28-19(27)20(10-16(23)24)15-5-3-2-4-14(15)17(25)22(18(20)26)11-12-6-8-13(21)9-7-12/h2-9H,10-11H2,1H3,(H,23,24). The van der Waals surface area contributed by atoms with E-state index in [1.54, 1.807) is 30.3 Å². The predicted molar refractivity (Wildman–Crippen MR) is 98.7 cm³/mol. The summed E-state index contributed by atoms with van der Waals surface area (Å²) in [5, 5.41) is 9.90. The second kappa shape index (κ2) is 7.44. The number of carboxylic acids is 1. The molecule has 144 valence electrons. The summed E-state index contributed by atoms with van der Waals surface area (Å²) in [5.41, 5.74) is -1.42. The van der Waals surface area contributed by atoms with Crippen LogP contribution < -0.4 is 0 Å². The zero-order valence-corrected chi connectivity index (χ0v) is 15.6. The summed E-state index contributed by atoms with van der Waals surface area (Å²) >= 11 is 5.87. The summed E-state index contributed by atoms with van der Waals surface area (Å²) in [6.07, 6.45) is -0.833. The molecule has 0 spiro atoms. The number of methoxy groups -OCH3 is 1. The van der Waals surface area contributed by atoms with E-state index in [9.17, 15) is 24.3 Å². The van der Waals surface area contributed by atoms with E-state index in [-0.39, 0.29) is 17.7 Å². The second-order valence-electron chi connectivity index (χ2n) is 6.34. The third-order valence-corrected chi connectivity index (χ3v) is 4.93. The zero-order valence-electron chi connectivity index (χ0n) is 14.8. The number of halogens is 1. The van der Waals surface area contributed by atoms with E-state index in [0.717, 1.165) is 12.0 Å². The predicted octanol–water partition coefficient (Wildman–Crippen LogP) is 2.41. The van der Waals surface area contributed by atoms with Crippen molar-refractivity contribution in [3.63, 3.8) is 0 Å². The average Bonchev–Trinajstić information content (AvgIpc) is 2.69. The number of esters is 1.